The van der Waals surface area contributed by atoms with Crippen molar-refractivity contribution in [1.29, 1.82) is 0 Å². The van der Waals surface area contributed by atoms with Crippen molar-refractivity contribution in [1.82, 2.24) is 0 Å². The molecule has 1 heterocycles. The Balaban J connectivity index is 2.61. The lowest BCUT2D eigenvalue weighted by Crippen LogP contribution is -2.47. The van der Waals surface area contributed by atoms with E-state index in [1.807, 2.05) is 0 Å². The van der Waals surface area contributed by atoms with E-state index in [0.717, 1.165) is 0 Å². The molecule has 2 unspecified atom stereocenters. The van der Waals surface area contributed by atoms with Gasteiger partial charge in [-0.1, -0.05) is 0 Å². The Bertz CT molecular complexity index is 139. The Kier molecular flexibility index (Phi) is 2.46. The molecule has 3 N–H and O–H groups in total. The highest BCUT2D eigenvalue weighted by atomic mass is 16.7. The minimum Gasteiger partial charge on any atom is -0.393 e. The molecule has 0 aromatic carbocycles. The standard InChI is InChI=1S/C6H12O5/c1-10-5-4(8)6(9,2-7)3-11-5/h4-5,7-9H,2-3H2,1H3/t4-,5?,6?/m0/s1. The van der Waals surface area contributed by atoms with Crippen LogP contribution in [0, 0.1) is 0 Å². The highest BCUT2D eigenvalue weighted by molar-refractivity contribution is 4.93. The summed E-state index contributed by atoms with van der Waals surface area (Å²) >= 11 is 0. The first-order valence-electron chi connectivity index (χ1n) is 3.30. The Morgan fingerprint density at radius 2 is 2.36 bits per heavy atom. The quantitative estimate of drug-likeness (QED) is 0.443. The largest absolute Gasteiger partial charge is 0.393 e. The van der Waals surface area contributed by atoms with Gasteiger partial charge < -0.3 is 24.8 Å². The lowest BCUT2D eigenvalue weighted by Gasteiger charge is -2.22. The van der Waals surface area contributed by atoms with Gasteiger partial charge in [-0.15, -0.1) is 0 Å². The number of aliphatic hydroxyl groups is 3. The fourth-order valence-electron chi connectivity index (χ4n) is 0.992. The number of methoxy groups -OCH3 is 1. The Morgan fingerprint density at radius 1 is 1.73 bits per heavy atom. The molecule has 0 radical (unpaired) electrons. The van der Waals surface area contributed by atoms with Crippen LogP contribution in [-0.2, 0) is 9.47 Å². The topological polar surface area (TPSA) is 79.2 Å². The van der Waals surface area contributed by atoms with Crippen molar-refractivity contribution in [3.05, 3.63) is 0 Å². The van der Waals surface area contributed by atoms with Crippen molar-refractivity contribution in [3.63, 3.8) is 0 Å². The number of rotatable bonds is 2. The highest BCUT2D eigenvalue weighted by Crippen LogP contribution is 2.24. The molecule has 5 nitrogen and oxygen atoms in total. The van der Waals surface area contributed by atoms with Crippen LogP contribution in [0.25, 0.3) is 0 Å². The predicted octanol–water partition coefficient (Wildman–Crippen LogP) is -1.93. The molecule has 0 aromatic heterocycles. The lowest BCUT2D eigenvalue weighted by atomic mass is 10.0. The maximum atomic E-state index is 9.37. The molecular weight excluding hydrogens is 152 g/mol. The minimum absolute atomic E-state index is 0.108. The molecule has 1 fully saturated rings. The molecule has 1 aliphatic heterocycles. The van der Waals surface area contributed by atoms with Crippen molar-refractivity contribution in [2.75, 3.05) is 20.3 Å². The van der Waals surface area contributed by atoms with Crippen LogP contribution >= 0.6 is 0 Å². The van der Waals surface area contributed by atoms with E-state index < -0.39 is 24.6 Å². The summed E-state index contributed by atoms with van der Waals surface area (Å²) in [6.07, 6.45) is -2.02. The molecule has 0 saturated carbocycles. The maximum absolute atomic E-state index is 9.37. The van der Waals surface area contributed by atoms with Crippen molar-refractivity contribution in [2.45, 2.75) is 18.0 Å². The SMILES string of the molecule is COC1OCC(O)(CO)[C@H]1O. The molecule has 3 atom stereocenters. The number of hydrogen-bond donors (Lipinski definition) is 3. The van der Waals surface area contributed by atoms with Crippen LogP contribution in [0.4, 0.5) is 0 Å². The first-order valence-corrected chi connectivity index (χ1v) is 3.30. The smallest absolute Gasteiger partial charge is 0.186 e. The van der Waals surface area contributed by atoms with Gasteiger partial charge in [0.15, 0.2) is 6.29 Å². The van der Waals surface area contributed by atoms with E-state index >= 15 is 0 Å². The van der Waals surface area contributed by atoms with Gasteiger partial charge in [0, 0.05) is 7.11 Å². The van der Waals surface area contributed by atoms with Gasteiger partial charge in [0.1, 0.15) is 11.7 Å². The third kappa shape index (κ3) is 1.38. The van der Waals surface area contributed by atoms with Gasteiger partial charge in [0.2, 0.25) is 0 Å². The third-order valence-corrected chi connectivity index (χ3v) is 1.81. The summed E-state index contributed by atoms with van der Waals surface area (Å²) in [5, 5.41) is 27.3. The van der Waals surface area contributed by atoms with Crippen LogP contribution in [0.1, 0.15) is 0 Å². The van der Waals surface area contributed by atoms with Gasteiger partial charge in [0.25, 0.3) is 0 Å². The molecular formula is C6H12O5. The summed E-state index contributed by atoms with van der Waals surface area (Å²) < 4.78 is 9.52. The summed E-state index contributed by atoms with van der Waals surface area (Å²) in [5.74, 6) is 0. The molecule has 66 valence electrons. The van der Waals surface area contributed by atoms with Crippen molar-refractivity contribution < 1.29 is 24.8 Å². The summed E-state index contributed by atoms with van der Waals surface area (Å²) in [4.78, 5) is 0. The summed E-state index contributed by atoms with van der Waals surface area (Å²) in [6, 6.07) is 0. The van der Waals surface area contributed by atoms with E-state index in [4.69, 9.17) is 9.84 Å². The van der Waals surface area contributed by atoms with Crippen LogP contribution in [0.2, 0.25) is 0 Å². The first-order chi connectivity index (χ1) is 5.14. The summed E-state index contributed by atoms with van der Waals surface area (Å²) in [5.41, 5.74) is -1.57. The minimum atomic E-state index is -1.57. The highest BCUT2D eigenvalue weighted by Gasteiger charge is 2.47. The van der Waals surface area contributed by atoms with Gasteiger partial charge in [0.05, 0.1) is 13.2 Å². The van der Waals surface area contributed by atoms with E-state index in [1.54, 1.807) is 0 Å². The van der Waals surface area contributed by atoms with E-state index in [0.29, 0.717) is 0 Å². The maximum Gasteiger partial charge on any atom is 0.186 e. The van der Waals surface area contributed by atoms with Crippen LogP contribution in [0.3, 0.4) is 0 Å². The van der Waals surface area contributed by atoms with Gasteiger partial charge in [-0.3, -0.25) is 0 Å². The van der Waals surface area contributed by atoms with E-state index in [-0.39, 0.29) is 6.61 Å². The van der Waals surface area contributed by atoms with Crippen molar-refractivity contribution >= 4 is 0 Å². The summed E-state index contributed by atoms with van der Waals surface area (Å²) in [6.45, 7) is -0.642. The van der Waals surface area contributed by atoms with Crippen LogP contribution < -0.4 is 0 Å². The molecule has 1 aliphatic rings. The number of hydrogen-bond acceptors (Lipinski definition) is 5. The molecule has 0 bridgehead atoms. The van der Waals surface area contributed by atoms with Gasteiger partial charge >= 0.3 is 0 Å². The van der Waals surface area contributed by atoms with Crippen LogP contribution in [0.5, 0.6) is 0 Å². The molecule has 0 spiro atoms. The van der Waals surface area contributed by atoms with Crippen LogP contribution in [-0.4, -0.2) is 53.6 Å². The molecule has 11 heavy (non-hydrogen) atoms. The zero-order valence-electron chi connectivity index (χ0n) is 6.23. The van der Waals surface area contributed by atoms with Crippen molar-refractivity contribution in [3.8, 4) is 0 Å². The Labute approximate surface area is 64.2 Å². The molecule has 1 saturated heterocycles. The average molecular weight is 164 g/mol. The molecule has 0 aliphatic carbocycles. The molecule has 5 heteroatoms. The second kappa shape index (κ2) is 3.04. The fourth-order valence-corrected chi connectivity index (χ4v) is 0.992. The summed E-state index contributed by atoms with van der Waals surface area (Å²) in [7, 11) is 1.36. The van der Waals surface area contributed by atoms with Gasteiger partial charge in [-0.05, 0) is 0 Å². The lowest BCUT2D eigenvalue weighted by molar-refractivity contribution is -0.146. The third-order valence-electron chi connectivity index (χ3n) is 1.81. The zero-order valence-corrected chi connectivity index (χ0v) is 6.23. The second-order valence-electron chi connectivity index (χ2n) is 2.62. The average Bonchev–Trinajstić information content (AvgIpc) is 2.31. The fraction of sp³-hybridized carbons (Fsp3) is 1.00. The molecule has 0 amide bonds. The normalized spacial score (nSPS) is 44.7. The van der Waals surface area contributed by atoms with E-state index in [1.165, 1.54) is 7.11 Å². The van der Waals surface area contributed by atoms with Crippen LogP contribution in [0.15, 0.2) is 0 Å². The Hall–Kier alpha value is -0.200. The van der Waals surface area contributed by atoms with Gasteiger partial charge in [-0.2, -0.15) is 0 Å². The molecule has 0 aromatic rings. The zero-order chi connectivity index (χ0) is 8.48. The van der Waals surface area contributed by atoms with Crippen molar-refractivity contribution in [2.24, 2.45) is 0 Å². The monoisotopic (exact) mass is 164 g/mol. The first kappa shape index (κ1) is 8.89. The second-order valence-corrected chi connectivity index (χ2v) is 2.62. The molecule has 1 rings (SSSR count). The number of aliphatic hydroxyl groups excluding tert-OH is 2. The van der Waals surface area contributed by atoms with E-state index in [9.17, 15) is 10.2 Å². The Morgan fingerprint density at radius 3 is 2.64 bits per heavy atom. The predicted molar refractivity (Wildman–Crippen MR) is 34.8 cm³/mol. The van der Waals surface area contributed by atoms with E-state index in [2.05, 4.69) is 4.74 Å². The van der Waals surface area contributed by atoms with Gasteiger partial charge in [-0.25, -0.2) is 0 Å². The number of ether oxygens (including phenoxy) is 2.